The van der Waals surface area contributed by atoms with Gasteiger partial charge in [0.25, 0.3) is 0 Å². The van der Waals surface area contributed by atoms with Crippen molar-refractivity contribution in [3.05, 3.63) is 28.7 Å². The predicted molar refractivity (Wildman–Crippen MR) is 195 cm³/mol. The zero-order chi connectivity index (χ0) is 35.7. The monoisotopic (exact) mass is 721 g/mol. The lowest BCUT2D eigenvalue weighted by molar-refractivity contribution is -0.0967. The number of hydrogen-bond acceptors (Lipinski definition) is 10. The quantitative estimate of drug-likeness (QED) is 0.206. The number of piperidine rings is 2. The molecule has 4 aliphatic rings. The van der Waals surface area contributed by atoms with Gasteiger partial charge < -0.3 is 24.2 Å². The molecule has 1 aliphatic carbocycles. The van der Waals surface area contributed by atoms with Gasteiger partial charge >= 0.3 is 6.01 Å². The molecule has 51 heavy (non-hydrogen) atoms. The summed E-state index contributed by atoms with van der Waals surface area (Å²) >= 11 is 6.87. The highest BCUT2D eigenvalue weighted by atomic mass is 35.5. The van der Waals surface area contributed by atoms with Gasteiger partial charge in [-0.2, -0.15) is 15.1 Å². The Balaban J connectivity index is 1.22. The van der Waals surface area contributed by atoms with Crippen LogP contribution in [0.1, 0.15) is 84.1 Å². The number of ether oxygens (including phenoxy) is 3. The number of fused-ring (bicyclic) bond motifs is 3. The minimum absolute atomic E-state index is 0.0120. The number of β-amino-alcohol motifs (C(OH)–C–C–N with tert-alkyl or cyclic N) is 1. The zero-order valence-electron chi connectivity index (χ0n) is 30.3. The van der Waals surface area contributed by atoms with Crippen molar-refractivity contribution in [2.45, 2.75) is 115 Å². The van der Waals surface area contributed by atoms with Crippen molar-refractivity contribution >= 4 is 39.2 Å². The van der Waals surface area contributed by atoms with E-state index in [2.05, 4.69) is 28.9 Å². The molecule has 8 rings (SSSR count). The Kier molecular flexibility index (Phi) is 9.04. The number of aliphatic hydroxyl groups is 1. The van der Waals surface area contributed by atoms with E-state index < -0.39 is 11.4 Å². The molecule has 0 amide bonds. The van der Waals surface area contributed by atoms with Crippen LogP contribution in [0.4, 0.5) is 10.2 Å². The number of rotatable bonds is 7. The van der Waals surface area contributed by atoms with Crippen molar-refractivity contribution in [1.29, 1.82) is 0 Å². The van der Waals surface area contributed by atoms with Crippen molar-refractivity contribution in [3.8, 4) is 23.1 Å². The molecule has 5 atom stereocenters. The minimum atomic E-state index is -0.946. The van der Waals surface area contributed by atoms with Crippen LogP contribution in [0.15, 0.2) is 12.3 Å². The maximum Gasteiger partial charge on any atom is 0.319 e. The van der Waals surface area contributed by atoms with E-state index in [1.165, 1.54) is 7.11 Å². The normalized spacial score (nSPS) is 30.2. The Bertz CT molecular complexity index is 1950. The molecule has 4 aromatic rings. The van der Waals surface area contributed by atoms with Crippen LogP contribution < -0.4 is 14.4 Å². The lowest BCUT2D eigenvalue weighted by Crippen LogP contribution is -2.57. The lowest BCUT2D eigenvalue weighted by Gasteiger charge is -2.51. The number of anilines is 1. The lowest BCUT2D eigenvalue weighted by atomic mass is 9.74. The molecule has 0 radical (unpaired) electrons. The topological polar surface area (TPSA) is 122 Å². The van der Waals surface area contributed by atoms with Gasteiger partial charge in [0.1, 0.15) is 22.4 Å². The van der Waals surface area contributed by atoms with Crippen molar-refractivity contribution in [1.82, 2.24) is 30.0 Å². The van der Waals surface area contributed by atoms with Crippen LogP contribution >= 0.6 is 11.6 Å². The van der Waals surface area contributed by atoms with Crippen LogP contribution in [0, 0.1) is 18.2 Å². The molecule has 6 heterocycles. The van der Waals surface area contributed by atoms with E-state index in [9.17, 15) is 5.11 Å². The number of halogens is 2. The summed E-state index contributed by atoms with van der Waals surface area (Å²) in [4.78, 5) is 19.2. The largest absolute Gasteiger partial charge is 0.480 e. The van der Waals surface area contributed by atoms with Crippen molar-refractivity contribution < 1.29 is 23.7 Å². The molecule has 11 nitrogen and oxygen atoms in total. The van der Waals surface area contributed by atoms with E-state index in [1.807, 2.05) is 24.8 Å². The third kappa shape index (κ3) is 6.19. The van der Waals surface area contributed by atoms with Gasteiger partial charge in [0.15, 0.2) is 5.82 Å². The summed E-state index contributed by atoms with van der Waals surface area (Å²) in [6, 6.07) is 2.88. The standard InChI is InChI=1S/C38H49ClFN7O4/c1-21-15-26-25(18-41-45-26)28(30(21)39)32-31(40)33-29(35(42-32)49-5)34(46-13-7-10-37(4,48)19-46)44-36(43-33)50-20-38-11-6-9-27(38)47(14-8-12-38)24-16-22(2)51-23(3)17-24/h15,18,22-24,27,48H,6-14,16-17,19-20H2,1-5H3,(H,41,45). The van der Waals surface area contributed by atoms with E-state index in [0.717, 1.165) is 63.5 Å². The summed E-state index contributed by atoms with van der Waals surface area (Å²) in [5.74, 6) is -0.0502. The highest BCUT2D eigenvalue weighted by Gasteiger charge is 2.51. The fourth-order valence-corrected chi connectivity index (χ4v) is 10.0. The first-order valence-corrected chi connectivity index (χ1v) is 18.9. The maximum absolute atomic E-state index is 17.2. The molecule has 3 aromatic heterocycles. The fourth-order valence-electron chi connectivity index (χ4n) is 9.77. The number of likely N-dealkylation sites (tertiary alicyclic amines) is 1. The number of H-pyrrole nitrogens is 1. The highest BCUT2D eigenvalue weighted by molar-refractivity contribution is 6.35. The first-order valence-electron chi connectivity index (χ1n) is 18.6. The van der Waals surface area contributed by atoms with Gasteiger partial charge in [-0.25, -0.2) is 9.37 Å². The number of aromatic nitrogens is 5. The summed E-state index contributed by atoms with van der Waals surface area (Å²) in [6.07, 6.45) is 11.1. The van der Waals surface area contributed by atoms with Crippen LogP contribution in [0.25, 0.3) is 33.1 Å². The Morgan fingerprint density at radius 2 is 1.86 bits per heavy atom. The molecule has 3 saturated heterocycles. The number of benzene rings is 1. The van der Waals surface area contributed by atoms with Crippen LogP contribution in [-0.2, 0) is 4.74 Å². The number of pyridine rings is 1. The summed E-state index contributed by atoms with van der Waals surface area (Å²) in [5.41, 5.74) is 0.935. The summed E-state index contributed by atoms with van der Waals surface area (Å²) in [7, 11) is 1.50. The summed E-state index contributed by atoms with van der Waals surface area (Å²) in [5, 5.41) is 19.6. The van der Waals surface area contributed by atoms with E-state index >= 15 is 4.39 Å². The molecule has 0 spiro atoms. The van der Waals surface area contributed by atoms with Crippen molar-refractivity contribution in [2.24, 2.45) is 5.41 Å². The molecular weight excluding hydrogens is 673 g/mol. The van der Waals surface area contributed by atoms with Gasteiger partial charge in [0.2, 0.25) is 5.88 Å². The van der Waals surface area contributed by atoms with E-state index in [1.54, 1.807) is 6.20 Å². The zero-order valence-corrected chi connectivity index (χ0v) is 31.0. The first kappa shape index (κ1) is 34.7. The van der Waals surface area contributed by atoms with Crippen LogP contribution in [0.5, 0.6) is 11.9 Å². The SMILES string of the molecule is COc1nc(-c2c(Cl)c(C)cc3[nH]ncc23)c(F)c2nc(OCC34CCCC3N(C3CC(C)OC(C)C3)CCC4)nc(N3CCCC(C)(O)C3)c12. The van der Waals surface area contributed by atoms with E-state index in [0.29, 0.717) is 70.9 Å². The molecule has 0 bridgehead atoms. The summed E-state index contributed by atoms with van der Waals surface area (Å²) < 4.78 is 35.8. The predicted octanol–water partition coefficient (Wildman–Crippen LogP) is 7.00. The number of hydrogen-bond donors (Lipinski definition) is 2. The van der Waals surface area contributed by atoms with Crippen molar-refractivity contribution in [3.63, 3.8) is 0 Å². The number of methoxy groups -OCH3 is 1. The number of aromatic amines is 1. The molecule has 4 fully saturated rings. The van der Waals surface area contributed by atoms with Gasteiger partial charge in [0.05, 0.1) is 48.3 Å². The Morgan fingerprint density at radius 1 is 1.10 bits per heavy atom. The van der Waals surface area contributed by atoms with Crippen LogP contribution in [-0.4, -0.2) is 98.4 Å². The highest BCUT2D eigenvalue weighted by Crippen LogP contribution is 2.50. The number of aryl methyl sites for hydroxylation is 1. The number of nitrogens with zero attached hydrogens (tertiary/aromatic N) is 6. The molecular formula is C38H49ClFN7O4. The smallest absolute Gasteiger partial charge is 0.319 e. The Labute approximate surface area is 303 Å². The maximum atomic E-state index is 17.2. The van der Waals surface area contributed by atoms with E-state index in [-0.39, 0.29) is 40.7 Å². The average Bonchev–Trinajstić information content (AvgIpc) is 3.75. The van der Waals surface area contributed by atoms with Crippen LogP contribution in [0.3, 0.4) is 0 Å². The molecule has 3 aliphatic heterocycles. The van der Waals surface area contributed by atoms with Gasteiger partial charge in [0, 0.05) is 41.5 Å². The minimum Gasteiger partial charge on any atom is -0.480 e. The second-order valence-electron chi connectivity index (χ2n) is 15.9. The van der Waals surface area contributed by atoms with Crippen LogP contribution in [0.2, 0.25) is 5.02 Å². The molecule has 5 unspecified atom stereocenters. The average molecular weight is 722 g/mol. The number of nitrogens with one attached hydrogen (secondary N) is 1. The van der Waals surface area contributed by atoms with Gasteiger partial charge in [-0.3, -0.25) is 10.00 Å². The van der Waals surface area contributed by atoms with Crippen molar-refractivity contribution in [2.75, 3.05) is 38.3 Å². The molecule has 13 heteroatoms. The molecule has 1 aromatic carbocycles. The third-order valence-corrected chi connectivity index (χ3v) is 12.4. The van der Waals surface area contributed by atoms with Gasteiger partial charge in [-0.1, -0.05) is 18.0 Å². The first-order chi connectivity index (χ1) is 24.5. The second-order valence-corrected chi connectivity index (χ2v) is 16.2. The Morgan fingerprint density at radius 3 is 2.63 bits per heavy atom. The molecule has 274 valence electrons. The van der Waals surface area contributed by atoms with Gasteiger partial charge in [-0.15, -0.1) is 0 Å². The third-order valence-electron chi connectivity index (χ3n) is 12.0. The van der Waals surface area contributed by atoms with Gasteiger partial charge in [-0.05, 0) is 97.2 Å². The summed E-state index contributed by atoms with van der Waals surface area (Å²) in [6.45, 7) is 10.5. The second kappa shape index (κ2) is 13.3. The Hall–Kier alpha value is -3.32. The fraction of sp³-hybridized carbons (Fsp3) is 0.632. The van der Waals surface area contributed by atoms with E-state index in [4.69, 9.17) is 40.8 Å². The molecule has 2 N–H and O–H groups in total. The molecule has 1 saturated carbocycles.